The van der Waals surface area contributed by atoms with E-state index in [2.05, 4.69) is 0 Å². The summed E-state index contributed by atoms with van der Waals surface area (Å²) >= 11 is 0. The molecule has 0 spiro atoms. The Morgan fingerprint density at radius 2 is 1.58 bits per heavy atom. The molecule has 0 radical (unpaired) electrons. The van der Waals surface area contributed by atoms with Crippen LogP contribution in [0, 0.1) is 17.5 Å². The second-order valence-electron chi connectivity index (χ2n) is 4.28. The molecule has 0 aliphatic heterocycles. The van der Waals surface area contributed by atoms with E-state index in [0.29, 0.717) is 5.56 Å². The summed E-state index contributed by atoms with van der Waals surface area (Å²) in [5.74, 6) is -1.95. The maximum Gasteiger partial charge on any atom is 0.151 e. The van der Waals surface area contributed by atoms with Crippen LogP contribution >= 0.6 is 0 Å². The van der Waals surface area contributed by atoms with Crippen LogP contribution in [0.5, 0.6) is 0 Å². The number of hydrogen-bond acceptors (Lipinski definition) is 2. The maximum absolute atomic E-state index is 13.7. The van der Waals surface area contributed by atoms with E-state index in [1.54, 1.807) is 18.2 Å². The lowest BCUT2D eigenvalue weighted by molar-refractivity contribution is 0.572. The lowest BCUT2D eigenvalue weighted by atomic mass is 10.2. The maximum atomic E-state index is 13.7. The number of benzene rings is 2. The van der Waals surface area contributed by atoms with Crippen LogP contribution in [0.2, 0.25) is 0 Å². The van der Waals surface area contributed by atoms with Crippen molar-refractivity contribution >= 4 is 11.4 Å². The molecule has 0 heterocycles. The second-order valence-corrected chi connectivity index (χ2v) is 4.28. The third kappa shape index (κ3) is 2.81. The number of rotatable bonds is 3. The highest BCUT2D eigenvalue weighted by Crippen LogP contribution is 2.26. The Morgan fingerprint density at radius 1 is 1.00 bits per heavy atom. The van der Waals surface area contributed by atoms with Crippen molar-refractivity contribution in [3.63, 3.8) is 0 Å². The van der Waals surface area contributed by atoms with Gasteiger partial charge in [0.25, 0.3) is 0 Å². The minimum atomic E-state index is -0.767. The first-order valence-electron chi connectivity index (χ1n) is 5.68. The molecule has 2 nitrogen and oxygen atoms in total. The van der Waals surface area contributed by atoms with Crippen molar-refractivity contribution in [3.8, 4) is 0 Å². The second kappa shape index (κ2) is 5.22. The monoisotopic (exact) mass is 266 g/mol. The zero-order valence-corrected chi connectivity index (χ0v) is 10.3. The molecule has 2 rings (SSSR count). The molecule has 100 valence electrons. The topological polar surface area (TPSA) is 29.3 Å². The average Bonchev–Trinajstić information content (AvgIpc) is 2.30. The fraction of sp³-hybridized carbons (Fsp3) is 0.143. The van der Waals surface area contributed by atoms with Gasteiger partial charge in [0, 0.05) is 24.8 Å². The highest BCUT2D eigenvalue weighted by Gasteiger charge is 2.16. The zero-order chi connectivity index (χ0) is 14.0. The lowest BCUT2D eigenvalue weighted by Crippen LogP contribution is -2.20. The summed E-state index contributed by atoms with van der Waals surface area (Å²) in [6.07, 6.45) is 0. The van der Waals surface area contributed by atoms with Gasteiger partial charge in [-0.1, -0.05) is 18.2 Å². The van der Waals surface area contributed by atoms with Crippen LogP contribution < -0.4 is 10.6 Å². The number of nitrogen functional groups attached to an aromatic ring is 1. The molecule has 2 N–H and O–H groups in total. The van der Waals surface area contributed by atoms with E-state index < -0.39 is 17.5 Å². The molecule has 0 saturated heterocycles. The Morgan fingerprint density at radius 3 is 2.16 bits per heavy atom. The van der Waals surface area contributed by atoms with Crippen molar-refractivity contribution in [2.75, 3.05) is 17.7 Å². The Hall–Kier alpha value is -2.17. The molecule has 0 saturated carbocycles. The van der Waals surface area contributed by atoms with Gasteiger partial charge in [0.15, 0.2) is 11.6 Å². The molecule has 0 amide bonds. The lowest BCUT2D eigenvalue weighted by Gasteiger charge is -2.21. The fourth-order valence-corrected chi connectivity index (χ4v) is 1.91. The Labute approximate surface area is 109 Å². The first-order chi connectivity index (χ1) is 8.99. The van der Waals surface area contributed by atoms with E-state index in [9.17, 15) is 13.2 Å². The average molecular weight is 266 g/mol. The van der Waals surface area contributed by atoms with E-state index in [1.165, 1.54) is 18.0 Å². The molecular formula is C14H13F3N2. The SMILES string of the molecule is CN(Cc1ccccc1F)c1c(F)cc(N)cc1F. The standard InChI is InChI=1S/C14H13F3N2/c1-19(8-9-4-2-3-5-11(9)15)14-12(16)6-10(18)7-13(14)17/h2-7H,8,18H2,1H3. The van der Waals surface area contributed by atoms with Crippen LogP contribution in [-0.2, 0) is 6.54 Å². The Balaban J connectivity index is 2.31. The number of nitrogens with zero attached hydrogens (tertiary/aromatic N) is 1. The van der Waals surface area contributed by atoms with Gasteiger partial charge in [-0.15, -0.1) is 0 Å². The molecule has 0 atom stereocenters. The summed E-state index contributed by atoms with van der Waals surface area (Å²) in [6, 6.07) is 8.18. The molecule has 0 fully saturated rings. The fourth-order valence-electron chi connectivity index (χ4n) is 1.91. The van der Waals surface area contributed by atoms with Crippen LogP contribution in [0.1, 0.15) is 5.56 Å². The predicted octanol–water partition coefficient (Wildman–Crippen LogP) is 3.32. The van der Waals surface area contributed by atoms with E-state index >= 15 is 0 Å². The normalized spacial score (nSPS) is 10.5. The van der Waals surface area contributed by atoms with Crippen LogP contribution in [0.4, 0.5) is 24.5 Å². The van der Waals surface area contributed by atoms with E-state index in [4.69, 9.17) is 5.73 Å². The van der Waals surface area contributed by atoms with Crippen LogP contribution in [0.25, 0.3) is 0 Å². The molecule has 0 aliphatic rings. The molecule has 0 unspecified atom stereocenters. The van der Waals surface area contributed by atoms with Gasteiger partial charge < -0.3 is 10.6 Å². The minimum absolute atomic E-state index is 0.0121. The Bertz CT molecular complexity index is 576. The molecule has 2 aromatic carbocycles. The summed E-state index contributed by atoms with van der Waals surface area (Å²) in [6.45, 7) is 0.0600. The number of nitrogens with two attached hydrogens (primary N) is 1. The van der Waals surface area contributed by atoms with Crippen molar-refractivity contribution < 1.29 is 13.2 Å². The van der Waals surface area contributed by atoms with E-state index in [0.717, 1.165) is 12.1 Å². The highest BCUT2D eigenvalue weighted by molar-refractivity contribution is 5.55. The van der Waals surface area contributed by atoms with Gasteiger partial charge in [-0.25, -0.2) is 13.2 Å². The highest BCUT2D eigenvalue weighted by atomic mass is 19.1. The summed E-state index contributed by atoms with van der Waals surface area (Å²) < 4.78 is 40.9. The van der Waals surface area contributed by atoms with Gasteiger partial charge in [-0.3, -0.25) is 0 Å². The summed E-state index contributed by atoms with van der Waals surface area (Å²) in [5, 5.41) is 0. The quantitative estimate of drug-likeness (QED) is 0.863. The number of halogens is 3. The first kappa shape index (κ1) is 13.3. The first-order valence-corrected chi connectivity index (χ1v) is 5.68. The van der Waals surface area contributed by atoms with Gasteiger partial charge in [0.2, 0.25) is 0 Å². The van der Waals surface area contributed by atoms with Gasteiger partial charge >= 0.3 is 0 Å². The van der Waals surface area contributed by atoms with Gasteiger partial charge in [-0.2, -0.15) is 0 Å². The third-order valence-electron chi connectivity index (χ3n) is 2.79. The van der Waals surface area contributed by atoms with Crippen LogP contribution in [0.15, 0.2) is 36.4 Å². The van der Waals surface area contributed by atoms with E-state index in [-0.39, 0.29) is 17.9 Å². The van der Waals surface area contributed by atoms with Crippen molar-refractivity contribution in [3.05, 3.63) is 59.4 Å². The Kier molecular flexibility index (Phi) is 3.64. The number of hydrogen-bond donors (Lipinski definition) is 1. The van der Waals surface area contributed by atoms with Gasteiger partial charge in [0.1, 0.15) is 11.5 Å². The smallest absolute Gasteiger partial charge is 0.151 e. The van der Waals surface area contributed by atoms with Crippen LogP contribution in [0.3, 0.4) is 0 Å². The van der Waals surface area contributed by atoms with E-state index in [1.807, 2.05) is 0 Å². The van der Waals surface area contributed by atoms with Gasteiger partial charge in [0.05, 0.1) is 0 Å². The van der Waals surface area contributed by atoms with Gasteiger partial charge in [-0.05, 0) is 18.2 Å². The predicted molar refractivity (Wildman–Crippen MR) is 69.3 cm³/mol. The van der Waals surface area contributed by atoms with Crippen molar-refractivity contribution in [1.29, 1.82) is 0 Å². The molecule has 5 heteroatoms. The molecule has 0 aliphatic carbocycles. The molecule has 19 heavy (non-hydrogen) atoms. The van der Waals surface area contributed by atoms with Crippen molar-refractivity contribution in [2.24, 2.45) is 0 Å². The molecular weight excluding hydrogens is 253 g/mol. The largest absolute Gasteiger partial charge is 0.399 e. The van der Waals surface area contributed by atoms with Crippen molar-refractivity contribution in [2.45, 2.75) is 6.54 Å². The zero-order valence-electron chi connectivity index (χ0n) is 10.3. The summed E-state index contributed by atoms with van der Waals surface area (Å²) in [4.78, 5) is 1.31. The number of anilines is 2. The molecule has 2 aromatic rings. The summed E-state index contributed by atoms with van der Waals surface area (Å²) in [5.41, 5.74) is 5.50. The van der Waals surface area contributed by atoms with Crippen LogP contribution in [-0.4, -0.2) is 7.05 Å². The minimum Gasteiger partial charge on any atom is -0.399 e. The third-order valence-corrected chi connectivity index (χ3v) is 2.79. The molecule has 0 aromatic heterocycles. The molecule has 0 bridgehead atoms. The van der Waals surface area contributed by atoms with Crippen molar-refractivity contribution in [1.82, 2.24) is 0 Å². The summed E-state index contributed by atoms with van der Waals surface area (Å²) in [7, 11) is 1.49.